The first-order chi connectivity index (χ1) is 13.2. The predicted molar refractivity (Wildman–Crippen MR) is 93.6 cm³/mol. The fraction of sp³-hybridized carbons (Fsp3) is 0.400. The van der Waals surface area contributed by atoms with Gasteiger partial charge in [0.05, 0.1) is 13.2 Å². The molecule has 0 aliphatic rings. The van der Waals surface area contributed by atoms with Gasteiger partial charge in [-0.3, -0.25) is 20.8 Å². The maximum Gasteiger partial charge on any atom is 0.252 e. The minimum atomic E-state index is -0.104. The van der Waals surface area contributed by atoms with Gasteiger partial charge >= 0.3 is 0 Å². The van der Waals surface area contributed by atoms with Crippen molar-refractivity contribution in [3.63, 3.8) is 0 Å². The third-order valence-electron chi connectivity index (χ3n) is 2.55. The van der Waals surface area contributed by atoms with E-state index in [4.69, 9.17) is 25.6 Å². The van der Waals surface area contributed by atoms with Gasteiger partial charge in [-0.2, -0.15) is 29.9 Å². The third-order valence-corrected chi connectivity index (χ3v) is 4.17. The Bertz CT molecular complexity index is 625. The van der Waals surface area contributed by atoms with Gasteiger partial charge in [0.25, 0.3) is 23.8 Å². The standard InChI is InChI=1S/C10H16N10O5S2/c21-17-5-11-6(18-22)14-9(13-5)26-3-1-25-2-4-27-10-15-7(19-23)12-8(16-10)20-24/h21-24H,1-4H2,(H2,11,13,14,17,18)(H2,12,15,16,19,20). The van der Waals surface area contributed by atoms with Crippen LogP contribution >= 0.6 is 23.5 Å². The Morgan fingerprint density at radius 3 is 1.22 bits per heavy atom. The lowest BCUT2D eigenvalue weighted by Crippen LogP contribution is -2.07. The molecule has 148 valence electrons. The van der Waals surface area contributed by atoms with Gasteiger partial charge in [-0.05, 0) is 0 Å². The SMILES string of the molecule is ONc1nc(NO)nc(SCCOCCSc2nc(NO)nc(NO)n2)n1. The minimum absolute atomic E-state index is 0.104. The molecule has 17 heteroatoms. The van der Waals surface area contributed by atoms with Crippen molar-refractivity contribution in [2.24, 2.45) is 0 Å². The molecule has 0 atom stereocenters. The second-order valence-corrected chi connectivity index (χ2v) is 6.41. The summed E-state index contributed by atoms with van der Waals surface area (Å²) in [5.41, 5.74) is 7.10. The maximum atomic E-state index is 8.81. The van der Waals surface area contributed by atoms with E-state index in [0.29, 0.717) is 24.7 Å². The number of hydrogen-bond donors (Lipinski definition) is 8. The van der Waals surface area contributed by atoms with Crippen LogP contribution in [0, 0.1) is 0 Å². The molecule has 27 heavy (non-hydrogen) atoms. The molecule has 0 aliphatic heterocycles. The van der Waals surface area contributed by atoms with E-state index >= 15 is 0 Å². The zero-order valence-corrected chi connectivity index (χ0v) is 15.2. The molecule has 0 spiro atoms. The first kappa shape index (κ1) is 21.0. The van der Waals surface area contributed by atoms with Crippen LogP contribution in [0.3, 0.4) is 0 Å². The molecule has 2 heterocycles. The maximum absolute atomic E-state index is 8.81. The molecule has 0 radical (unpaired) electrons. The fourth-order valence-electron chi connectivity index (χ4n) is 1.53. The highest BCUT2D eigenvalue weighted by atomic mass is 32.2. The van der Waals surface area contributed by atoms with E-state index in [1.54, 1.807) is 21.9 Å². The summed E-state index contributed by atoms with van der Waals surface area (Å²) in [6.07, 6.45) is 0. The Morgan fingerprint density at radius 2 is 0.926 bits per heavy atom. The number of aromatic nitrogens is 6. The van der Waals surface area contributed by atoms with Gasteiger partial charge in [0.15, 0.2) is 10.3 Å². The van der Waals surface area contributed by atoms with Crippen molar-refractivity contribution in [1.29, 1.82) is 0 Å². The number of ether oxygens (including phenoxy) is 1. The quantitative estimate of drug-likeness (QED) is 0.130. The van der Waals surface area contributed by atoms with Crippen LogP contribution in [0.5, 0.6) is 0 Å². The molecular weight excluding hydrogens is 404 g/mol. The van der Waals surface area contributed by atoms with E-state index in [1.807, 2.05) is 0 Å². The van der Waals surface area contributed by atoms with Crippen molar-refractivity contribution in [2.75, 3.05) is 46.6 Å². The summed E-state index contributed by atoms with van der Waals surface area (Å²) >= 11 is 2.48. The summed E-state index contributed by atoms with van der Waals surface area (Å²) in [6, 6.07) is 0. The van der Waals surface area contributed by atoms with Crippen LogP contribution in [0.2, 0.25) is 0 Å². The van der Waals surface area contributed by atoms with Crippen LogP contribution in [-0.2, 0) is 4.74 Å². The lowest BCUT2D eigenvalue weighted by Gasteiger charge is -2.06. The van der Waals surface area contributed by atoms with Gasteiger partial charge in [-0.1, -0.05) is 23.5 Å². The molecule has 15 nitrogen and oxygen atoms in total. The summed E-state index contributed by atoms with van der Waals surface area (Å²) in [5.74, 6) is 0.625. The van der Waals surface area contributed by atoms with Gasteiger partial charge < -0.3 is 4.74 Å². The molecule has 2 aromatic heterocycles. The first-order valence-electron chi connectivity index (χ1n) is 7.14. The van der Waals surface area contributed by atoms with Crippen molar-refractivity contribution in [1.82, 2.24) is 29.9 Å². The molecule has 0 aliphatic carbocycles. The van der Waals surface area contributed by atoms with E-state index in [2.05, 4.69) is 29.9 Å². The number of rotatable bonds is 12. The first-order valence-corrected chi connectivity index (χ1v) is 9.11. The molecular formula is C10H16N10O5S2. The van der Waals surface area contributed by atoms with E-state index in [0.717, 1.165) is 0 Å². The van der Waals surface area contributed by atoms with E-state index < -0.39 is 0 Å². The van der Waals surface area contributed by atoms with Crippen molar-refractivity contribution in [2.45, 2.75) is 10.3 Å². The van der Waals surface area contributed by atoms with E-state index in [9.17, 15) is 0 Å². The van der Waals surface area contributed by atoms with Gasteiger partial charge in [-0.25, -0.2) is 21.9 Å². The smallest absolute Gasteiger partial charge is 0.252 e. The van der Waals surface area contributed by atoms with Gasteiger partial charge in [0, 0.05) is 11.5 Å². The topological polar surface area (TPSA) is 216 Å². The monoisotopic (exact) mass is 420 g/mol. The summed E-state index contributed by atoms with van der Waals surface area (Å²) in [5, 5.41) is 35.8. The number of hydrogen-bond acceptors (Lipinski definition) is 17. The molecule has 2 aromatic rings. The lowest BCUT2D eigenvalue weighted by molar-refractivity contribution is 0.167. The van der Waals surface area contributed by atoms with Crippen LogP contribution in [0.15, 0.2) is 10.3 Å². The van der Waals surface area contributed by atoms with Crippen LogP contribution in [0.25, 0.3) is 0 Å². The summed E-state index contributed by atoms with van der Waals surface area (Å²) in [7, 11) is 0. The minimum Gasteiger partial charge on any atom is -0.380 e. The van der Waals surface area contributed by atoms with Gasteiger partial charge in [0.2, 0.25) is 0 Å². The summed E-state index contributed by atoms with van der Waals surface area (Å²) in [4.78, 5) is 22.9. The van der Waals surface area contributed by atoms with Gasteiger partial charge in [0.1, 0.15) is 0 Å². The van der Waals surface area contributed by atoms with Crippen LogP contribution in [-0.4, -0.2) is 75.5 Å². The van der Waals surface area contributed by atoms with E-state index in [1.165, 1.54) is 23.5 Å². The number of anilines is 4. The Hall–Kier alpha value is -2.28. The van der Waals surface area contributed by atoms with Crippen LogP contribution in [0.4, 0.5) is 23.8 Å². The summed E-state index contributed by atoms with van der Waals surface area (Å²) in [6.45, 7) is 0.787. The van der Waals surface area contributed by atoms with Crippen LogP contribution < -0.4 is 21.9 Å². The van der Waals surface area contributed by atoms with Crippen molar-refractivity contribution in [3.8, 4) is 0 Å². The highest BCUT2D eigenvalue weighted by Gasteiger charge is 2.07. The molecule has 0 fully saturated rings. The molecule has 0 saturated heterocycles. The Labute approximate surface area is 160 Å². The highest BCUT2D eigenvalue weighted by Crippen LogP contribution is 2.17. The van der Waals surface area contributed by atoms with Gasteiger partial charge in [-0.15, -0.1) is 0 Å². The number of nitrogens with one attached hydrogen (secondary N) is 4. The molecule has 0 aromatic carbocycles. The molecule has 0 saturated carbocycles. The third kappa shape index (κ3) is 7.09. The molecule has 0 unspecified atom stereocenters. The zero-order chi connectivity index (χ0) is 19.5. The largest absolute Gasteiger partial charge is 0.380 e. The second kappa shape index (κ2) is 11.4. The van der Waals surface area contributed by atoms with Crippen molar-refractivity contribution < 1.29 is 25.6 Å². The molecule has 8 N–H and O–H groups in total. The van der Waals surface area contributed by atoms with Crippen LogP contribution in [0.1, 0.15) is 0 Å². The fourth-order valence-corrected chi connectivity index (χ4v) is 2.90. The Morgan fingerprint density at radius 1 is 0.593 bits per heavy atom. The number of nitrogens with zero attached hydrogens (tertiary/aromatic N) is 6. The Balaban J connectivity index is 1.68. The predicted octanol–water partition coefficient (Wildman–Crippen LogP) is 0.162. The number of thioether (sulfide) groups is 2. The molecule has 0 bridgehead atoms. The van der Waals surface area contributed by atoms with E-state index in [-0.39, 0.29) is 34.1 Å². The average molecular weight is 420 g/mol. The lowest BCUT2D eigenvalue weighted by atomic mass is 10.8. The normalized spacial score (nSPS) is 10.5. The van der Waals surface area contributed by atoms with Crippen molar-refractivity contribution >= 4 is 47.3 Å². The van der Waals surface area contributed by atoms with Crippen molar-refractivity contribution in [3.05, 3.63) is 0 Å². The molecule has 2 rings (SSSR count). The average Bonchev–Trinajstić information content (AvgIpc) is 2.72. The summed E-state index contributed by atoms with van der Waals surface area (Å²) < 4.78 is 5.46. The molecule has 0 amide bonds. The second-order valence-electron chi connectivity index (χ2n) is 4.29. The zero-order valence-electron chi connectivity index (χ0n) is 13.5. The Kier molecular flexibility index (Phi) is 8.91. The highest BCUT2D eigenvalue weighted by molar-refractivity contribution is 7.99.